The number of hydrogen-bond donors (Lipinski definition) is 2. The number of nitrogens with two attached hydrogens (primary N) is 1. The second-order valence-corrected chi connectivity index (χ2v) is 4.69. The zero-order valence-electron chi connectivity index (χ0n) is 11.7. The van der Waals surface area contributed by atoms with Crippen molar-refractivity contribution in [2.24, 2.45) is 5.73 Å². The topological polar surface area (TPSA) is 47.3 Å². The summed E-state index contributed by atoms with van der Waals surface area (Å²) in [7, 11) is 1.55. The highest BCUT2D eigenvalue weighted by atomic mass is 19.1. The molecule has 0 aliphatic carbocycles. The van der Waals surface area contributed by atoms with Crippen molar-refractivity contribution < 1.29 is 9.13 Å². The average Bonchev–Trinajstić information content (AvgIpc) is 2.46. The van der Waals surface area contributed by atoms with E-state index in [1.807, 2.05) is 31.2 Å². The van der Waals surface area contributed by atoms with Crippen LogP contribution in [0.15, 0.2) is 42.5 Å². The molecule has 0 amide bonds. The van der Waals surface area contributed by atoms with Crippen molar-refractivity contribution in [2.45, 2.75) is 13.0 Å². The molecular formula is C16H19FN2O. The molecule has 0 radical (unpaired) electrons. The van der Waals surface area contributed by atoms with Gasteiger partial charge in [-0.1, -0.05) is 29.8 Å². The Bertz CT molecular complexity index is 586. The first kappa shape index (κ1) is 14.3. The van der Waals surface area contributed by atoms with Gasteiger partial charge in [0, 0.05) is 12.6 Å². The van der Waals surface area contributed by atoms with E-state index in [-0.39, 0.29) is 11.9 Å². The molecule has 2 aromatic rings. The van der Waals surface area contributed by atoms with Gasteiger partial charge in [-0.15, -0.1) is 0 Å². The van der Waals surface area contributed by atoms with Gasteiger partial charge in [-0.3, -0.25) is 0 Å². The van der Waals surface area contributed by atoms with Gasteiger partial charge in [0.25, 0.3) is 0 Å². The van der Waals surface area contributed by atoms with Crippen LogP contribution in [0.5, 0.6) is 5.75 Å². The lowest BCUT2D eigenvalue weighted by Crippen LogP contribution is -2.21. The summed E-state index contributed by atoms with van der Waals surface area (Å²) in [5.74, 6) is 0.283. The Balaban J connectivity index is 2.26. The van der Waals surface area contributed by atoms with Crippen LogP contribution in [0.1, 0.15) is 17.2 Å². The summed E-state index contributed by atoms with van der Waals surface area (Å²) in [5.41, 5.74) is 8.38. The molecule has 3 nitrogen and oxygen atoms in total. The summed E-state index contributed by atoms with van der Waals surface area (Å²) in [6, 6.07) is 12.5. The maximum atomic E-state index is 13.8. The summed E-state index contributed by atoms with van der Waals surface area (Å²) in [6.07, 6.45) is 0. The van der Waals surface area contributed by atoms with E-state index in [0.29, 0.717) is 18.0 Å². The van der Waals surface area contributed by atoms with Crippen LogP contribution in [0.25, 0.3) is 0 Å². The van der Waals surface area contributed by atoms with E-state index in [4.69, 9.17) is 10.5 Å². The molecule has 4 heteroatoms. The molecule has 0 bridgehead atoms. The number of halogens is 1. The van der Waals surface area contributed by atoms with Crippen molar-refractivity contribution in [3.8, 4) is 5.75 Å². The molecule has 20 heavy (non-hydrogen) atoms. The average molecular weight is 274 g/mol. The Morgan fingerprint density at radius 2 is 2.05 bits per heavy atom. The highest BCUT2D eigenvalue weighted by molar-refractivity contribution is 5.51. The standard InChI is InChI=1S/C16H19FN2O/c1-11-4-3-5-12(8-11)16(10-18)19-15-9-13(20-2)6-7-14(15)17/h3-9,16,19H,10,18H2,1-2H3. The lowest BCUT2D eigenvalue weighted by atomic mass is 10.0. The maximum Gasteiger partial charge on any atom is 0.146 e. The first-order valence-electron chi connectivity index (χ1n) is 6.50. The Hall–Kier alpha value is -2.07. The number of benzene rings is 2. The number of rotatable bonds is 5. The fourth-order valence-corrected chi connectivity index (χ4v) is 2.09. The number of methoxy groups -OCH3 is 1. The van der Waals surface area contributed by atoms with Gasteiger partial charge in [0.15, 0.2) is 0 Å². The molecule has 0 spiro atoms. The van der Waals surface area contributed by atoms with Crippen LogP contribution in [-0.4, -0.2) is 13.7 Å². The molecule has 0 aliphatic heterocycles. The number of anilines is 1. The molecule has 106 valence electrons. The lowest BCUT2D eigenvalue weighted by molar-refractivity contribution is 0.414. The van der Waals surface area contributed by atoms with Crippen LogP contribution < -0.4 is 15.8 Å². The molecule has 2 aromatic carbocycles. The number of aryl methyl sites for hydroxylation is 1. The minimum Gasteiger partial charge on any atom is -0.497 e. The third-order valence-corrected chi connectivity index (χ3v) is 3.18. The van der Waals surface area contributed by atoms with Crippen molar-refractivity contribution in [2.75, 3.05) is 19.0 Å². The molecule has 3 N–H and O–H groups in total. The summed E-state index contributed by atoms with van der Waals surface area (Å²) in [6.45, 7) is 2.39. The minimum absolute atomic E-state index is 0.142. The van der Waals surface area contributed by atoms with E-state index in [1.165, 1.54) is 6.07 Å². The lowest BCUT2D eigenvalue weighted by Gasteiger charge is -2.20. The van der Waals surface area contributed by atoms with Gasteiger partial charge in [-0.05, 0) is 24.6 Å². The number of hydrogen-bond acceptors (Lipinski definition) is 3. The highest BCUT2D eigenvalue weighted by Crippen LogP contribution is 2.25. The Labute approximate surface area is 118 Å². The predicted molar refractivity (Wildman–Crippen MR) is 79.5 cm³/mol. The van der Waals surface area contributed by atoms with Gasteiger partial charge in [0.05, 0.1) is 18.8 Å². The fourth-order valence-electron chi connectivity index (χ4n) is 2.09. The summed E-state index contributed by atoms with van der Waals surface area (Å²) < 4.78 is 19.0. The zero-order valence-corrected chi connectivity index (χ0v) is 11.7. The molecule has 1 atom stereocenters. The smallest absolute Gasteiger partial charge is 0.146 e. The van der Waals surface area contributed by atoms with Gasteiger partial charge in [0.2, 0.25) is 0 Å². The number of nitrogens with one attached hydrogen (secondary N) is 1. The molecule has 0 saturated heterocycles. The monoisotopic (exact) mass is 274 g/mol. The van der Waals surface area contributed by atoms with Gasteiger partial charge in [0.1, 0.15) is 11.6 Å². The largest absolute Gasteiger partial charge is 0.497 e. The van der Waals surface area contributed by atoms with Gasteiger partial charge in [-0.25, -0.2) is 4.39 Å². The van der Waals surface area contributed by atoms with Crippen LogP contribution in [0, 0.1) is 12.7 Å². The van der Waals surface area contributed by atoms with Crippen LogP contribution >= 0.6 is 0 Å². The first-order valence-corrected chi connectivity index (χ1v) is 6.50. The third-order valence-electron chi connectivity index (χ3n) is 3.18. The maximum absolute atomic E-state index is 13.8. The Kier molecular flexibility index (Phi) is 4.58. The molecular weight excluding hydrogens is 255 g/mol. The van der Waals surface area contributed by atoms with Crippen molar-refractivity contribution in [3.05, 3.63) is 59.4 Å². The van der Waals surface area contributed by atoms with E-state index in [9.17, 15) is 4.39 Å². The third kappa shape index (κ3) is 3.27. The van der Waals surface area contributed by atoms with Crippen molar-refractivity contribution in [3.63, 3.8) is 0 Å². The Morgan fingerprint density at radius 1 is 1.25 bits per heavy atom. The van der Waals surface area contributed by atoms with Gasteiger partial charge in [-0.2, -0.15) is 0 Å². The van der Waals surface area contributed by atoms with Crippen LogP contribution in [0.3, 0.4) is 0 Å². The van der Waals surface area contributed by atoms with Crippen LogP contribution in [0.2, 0.25) is 0 Å². The van der Waals surface area contributed by atoms with E-state index >= 15 is 0 Å². The van der Waals surface area contributed by atoms with Gasteiger partial charge >= 0.3 is 0 Å². The molecule has 1 unspecified atom stereocenters. The highest BCUT2D eigenvalue weighted by Gasteiger charge is 2.12. The second kappa shape index (κ2) is 6.39. The summed E-state index contributed by atoms with van der Waals surface area (Å²) in [4.78, 5) is 0. The number of ether oxygens (including phenoxy) is 1. The van der Waals surface area contributed by atoms with E-state index in [0.717, 1.165) is 11.1 Å². The first-order chi connectivity index (χ1) is 9.63. The Morgan fingerprint density at radius 3 is 2.70 bits per heavy atom. The van der Waals surface area contributed by atoms with Crippen molar-refractivity contribution in [1.29, 1.82) is 0 Å². The minimum atomic E-state index is -0.322. The SMILES string of the molecule is COc1ccc(F)c(NC(CN)c2cccc(C)c2)c1. The summed E-state index contributed by atoms with van der Waals surface area (Å²) in [5, 5.41) is 3.14. The van der Waals surface area contributed by atoms with E-state index < -0.39 is 0 Å². The molecule has 0 heterocycles. The second-order valence-electron chi connectivity index (χ2n) is 4.69. The zero-order chi connectivity index (χ0) is 14.5. The summed E-state index contributed by atoms with van der Waals surface area (Å²) >= 11 is 0. The van der Waals surface area contributed by atoms with Crippen LogP contribution in [-0.2, 0) is 0 Å². The fraction of sp³-hybridized carbons (Fsp3) is 0.250. The van der Waals surface area contributed by atoms with E-state index in [2.05, 4.69) is 5.32 Å². The van der Waals surface area contributed by atoms with Gasteiger partial charge < -0.3 is 15.8 Å². The van der Waals surface area contributed by atoms with E-state index in [1.54, 1.807) is 19.2 Å². The molecule has 0 aliphatic rings. The molecule has 0 aromatic heterocycles. The normalized spacial score (nSPS) is 12.0. The molecule has 0 fully saturated rings. The quantitative estimate of drug-likeness (QED) is 0.879. The van der Waals surface area contributed by atoms with Crippen molar-refractivity contribution >= 4 is 5.69 Å². The molecule has 2 rings (SSSR count). The predicted octanol–water partition coefficient (Wildman–Crippen LogP) is 3.25. The van der Waals surface area contributed by atoms with Crippen molar-refractivity contribution in [1.82, 2.24) is 0 Å². The molecule has 0 saturated carbocycles. The van der Waals surface area contributed by atoms with Crippen LogP contribution in [0.4, 0.5) is 10.1 Å².